The zero-order valence-corrected chi connectivity index (χ0v) is 18.4. The van der Waals surface area contributed by atoms with E-state index in [0.29, 0.717) is 23.6 Å². The molecule has 6 nitrogen and oxygen atoms in total. The molecule has 7 heteroatoms. The summed E-state index contributed by atoms with van der Waals surface area (Å²) in [5.41, 5.74) is 8.13. The van der Waals surface area contributed by atoms with E-state index in [1.807, 2.05) is 18.2 Å². The lowest BCUT2D eigenvalue weighted by molar-refractivity contribution is -0.124. The zero-order valence-electron chi connectivity index (χ0n) is 17.6. The minimum Gasteiger partial charge on any atom is -0.475 e. The number of nitrogens with two attached hydrogens (primary N) is 1. The average molecular weight is 435 g/mol. The van der Waals surface area contributed by atoms with Crippen molar-refractivity contribution in [3.05, 3.63) is 35.1 Å². The normalized spacial score (nSPS) is 25.3. The molecule has 1 unspecified atom stereocenters. The first-order valence-electron chi connectivity index (χ1n) is 10.7. The number of hydrogen-bond donors (Lipinski definition) is 2. The molecule has 164 valence electrons. The molecular formula is C23H31ClN2O4. The van der Waals surface area contributed by atoms with Gasteiger partial charge in [-0.3, -0.25) is 9.69 Å². The molecule has 2 aliphatic rings. The molecular weight excluding hydrogens is 404 g/mol. The third-order valence-electron chi connectivity index (χ3n) is 7.12. The summed E-state index contributed by atoms with van der Waals surface area (Å²) < 4.78 is 5.83. The number of hydrogen-bond acceptors (Lipinski definition) is 4. The standard InChI is InChI=1S/C23H30N2O4.ClH/c1-3-25-18(12-17(19(25)22(24)26)14-8-5-4-6-9-14)16-11-7-10-15-13(2)20(23(27)28)29-21(15)16;/h7,10-11,14,17-19H,3-6,8-9,12H2,1-2H3,(H2,24,26)(H,27,28);1H/t17-,18?,19-;/m0./s1. The molecule has 1 saturated heterocycles. The van der Waals surface area contributed by atoms with Crippen molar-refractivity contribution in [2.75, 3.05) is 6.54 Å². The van der Waals surface area contributed by atoms with Gasteiger partial charge in [-0.15, -0.1) is 12.4 Å². The van der Waals surface area contributed by atoms with E-state index >= 15 is 0 Å². The first-order chi connectivity index (χ1) is 13.9. The van der Waals surface area contributed by atoms with Gasteiger partial charge in [0.15, 0.2) is 0 Å². The quantitative estimate of drug-likeness (QED) is 0.712. The maximum absolute atomic E-state index is 12.5. The van der Waals surface area contributed by atoms with E-state index in [-0.39, 0.29) is 42.1 Å². The monoisotopic (exact) mass is 434 g/mol. The van der Waals surface area contributed by atoms with Gasteiger partial charge in [0.1, 0.15) is 5.58 Å². The lowest BCUT2D eigenvalue weighted by atomic mass is 9.75. The van der Waals surface area contributed by atoms with Crippen molar-refractivity contribution in [1.29, 1.82) is 0 Å². The van der Waals surface area contributed by atoms with E-state index < -0.39 is 5.97 Å². The zero-order chi connectivity index (χ0) is 20.7. The summed E-state index contributed by atoms with van der Waals surface area (Å²) in [6, 6.07) is 5.58. The third kappa shape index (κ3) is 3.71. The molecule has 1 amide bonds. The van der Waals surface area contributed by atoms with E-state index in [4.69, 9.17) is 10.2 Å². The topological polar surface area (TPSA) is 96.8 Å². The smallest absolute Gasteiger partial charge is 0.372 e. The lowest BCUT2D eigenvalue weighted by Crippen LogP contribution is -2.46. The molecule has 3 N–H and O–H groups in total. The highest BCUT2D eigenvalue weighted by molar-refractivity contribution is 5.96. The number of carboxylic acid groups (broad SMARTS) is 1. The summed E-state index contributed by atoms with van der Waals surface area (Å²) in [5, 5.41) is 10.3. The van der Waals surface area contributed by atoms with Crippen LogP contribution in [0.3, 0.4) is 0 Å². The van der Waals surface area contributed by atoms with Crippen LogP contribution in [0, 0.1) is 18.8 Å². The van der Waals surface area contributed by atoms with Crippen LogP contribution in [0.4, 0.5) is 0 Å². The molecule has 0 radical (unpaired) electrons. The predicted molar refractivity (Wildman–Crippen MR) is 118 cm³/mol. The van der Waals surface area contributed by atoms with Gasteiger partial charge in [0.2, 0.25) is 11.7 Å². The van der Waals surface area contributed by atoms with Crippen molar-refractivity contribution in [2.24, 2.45) is 17.6 Å². The Morgan fingerprint density at radius 3 is 2.53 bits per heavy atom. The van der Waals surface area contributed by atoms with E-state index in [9.17, 15) is 14.7 Å². The molecule has 2 fully saturated rings. The summed E-state index contributed by atoms with van der Waals surface area (Å²) >= 11 is 0. The van der Waals surface area contributed by atoms with Gasteiger partial charge in [0.25, 0.3) is 0 Å². The SMILES string of the molecule is CCN1C(c2cccc3c(C)c(C(=O)O)oc23)C[C@@H](C2CCCCC2)[C@H]1C(N)=O.Cl. The van der Waals surface area contributed by atoms with Gasteiger partial charge in [-0.2, -0.15) is 0 Å². The number of aromatic carboxylic acids is 1. The van der Waals surface area contributed by atoms with Crippen LogP contribution >= 0.6 is 12.4 Å². The predicted octanol–water partition coefficient (Wildman–Crippen LogP) is 4.68. The minimum atomic E-state index is -1.06. The number of para-hydroxylation sites is 1. The van der Waals surface area contributed by atoms with Gasteiger partial charge in [-0.1, -0.05) is 57.2 Å². The number of furan rings is 1. The fourth-order valence-corrected chi connectivity index (χ4v) is 5.80. The van der Waals surface area contributed by atoms with Crippen LogP contribution in [0.1, 0.15) is 73.2 Å². The molecule has 0 bridgehead atoms. The molecule has 30 heavy (non-hydrogen) atoms. The van der Waals surface area contributed by atoms with Crippen molar-refractivity contribution in [1.82, 2.24) is 4.90 Å². The highest BCUT2D eigenvalue weighted by atomic mass is 35.5. The van der Waals surface area contributed by atoms with Crippen molar-refractivity contribution in [3.8, 4) is 0 Å². The minimum absolute atomic E-state index is 0. The number of fused-ring (bicyclic) bond motifs is 1. The highest BCUT2D eigenvalue weighted by Gasteiger charge is 2.47. The first kappa shape index (κ1) is 22.6. The Labute approximate surface area is 183 Å². The molecule has 2 aromatic rings. The molecule has 2 heterocycles. The molecule has 1 aliphatic carbocycles. The Hall–Kier alpha value is -2.05. The number of carbonyl (C=O) groups is 2. The first-order valence-corrected chi connectivity index (χ1v) is 10.7. The summed E-state index contributed by atoms with van der Waals surface area (Å²) in [7, 11) is 0. The number of benzene rings is 1. The van der Waals surface area contributed by atoms with Crippen molar-refractivity contribution < 1.29 is 19.1 Å². The molecule has 3 atom stereocenters. The third-order valence-corrected chi connectivity index (χ3v) is 7.12. The number of likely N-dealkylation sites (N-methyl/N-ethyl adjacent to an activating group) is 1. The van der Waals surface area contributed by atoms with Crippen LogP contribution in [-0.2, 0) is 4.79 Å². The number of halogens is 1. The van der Waals surface area contributed by atoms with Crippen LogP contribution in [0.2, 0.25) is 0 Å². The fourth-order valence-electron chi connectivity index (χ4n) is 5.80. The summed E-state index contributed by atoms with van der Waals surface area (Å²) in [4.78, 5) is 26.3. The molecule has 0 spiro atoms. The summed E-state index contributed by atoms with van der Waals surface area (Å²) in [5.74, 6) is -0.559. The van der Waals surface area contributed by atoms with Gasteiger partial charge < -0.3 is 15.3 Å². The van der Waals surface area contributed by atoms with Crippen LogP contribution in [0.5, 0.6) is 0 Å². The number of amides is 1. The number of nitrogens with zero attached hydrogens (tertiary/aromatic N) is 1. The molecule has 1 aromatic heterocycles. The van der Waals surface area contributed by atoms with E-state index in [2.05, 4.69) is 11.8 Å². The van der Waals surface area contributed by atoms with E-state index in [0.717, 1.165) is 30.2 Å². The van der Waals surface area contributed by atoms with Crippen molar-refractivity contribution in [3.63, 3.8) is 0 Å². The molecule has 4 rings (SSSR count). The second-order valence-corrected chi connectivity index (χ2v) is 8.58. The van der Waals surface area contributed by atoms with Crippen molar-refractivity contribution >= 4 is 35.3 Å². The number of carbonyl (C=O) groups excluding carboxylic acids is 1. The molecule has 1 aliphatic heterocycles. The second kappa shape index (κ2) is 8.98. The Morgan fingerprint density at radius 2 is 1.93 bits per heavy atom. The van der Waals surface area contributed by atoms with Crippen LogP contribution in [0.25, 0.3) is 11.0 Å². The second-order valence-electron chi connectivity index (χ2n) is 8.58. The Kier molecular flexibility index (Phi) is 6.78. The Bertz CT molecular complexity index is 935. The number of aryl methyl sites for hydroxylation is 1. The Morgan fingerprint density at radius 1 is 1.23 bits per heavy atom. The lowest BCUT2D eigenvalue weighted by Gasteiger charge is -2.32. The van der Waals surface area contributed by atoms with E-state index in [1.54, 1.807) is 6.92 Å². The maximum atomic E-state index is 12.5. The number of rotatable bonds is 5. The summed E-state index contributed by atoms with van der Waals surface area (Å²) in [6.45, 7) is 4.55. The van der Waals surface area contributed by atoms with Crippen LogP contribution < -0.4 is 5.73 Å². The van der Waals surface area contributed by atoms with Crippen LogP contribution in [-0.4, -0.2) is 34.5 Å². The van der Waals surface area contributed by atoms with Gasteiger partial charge in [-0.25, -0.2) is 4.79 Å². The molecule has 1 aromatic carbocycles. The number of likely N-dealkylation sites (tertiary alicyclic amines) is 1. The Balaban J connectivity index is 0.00000256. The maximum Gasteiger partial charge on any atom is 0.372 e. The highest BCUT2D eigenvalue weighted by Crippen LogP contribution is 2.48. The van der Waals surface area contributed by atoms with Gasteiger partial charge in [0.05, 0.1) is 6.04 Å². The largest absolute Gasteiger partial charge is 0.475 e. The average Bonchev–Trinajstić information content (AvgIpc) is 3.27. The van der Waals surface area contributed by atoms with E-state index in [1.165, 1.54) is 19.3 Å². The van der Waals surface area contributed by atoms with Crippen LogP contribution in [0.15, 0.2) is 22.6 Å². The fraction of sp³-hybridized carbons (Fsp3) is 0.565. The number of carboxylic acids is 1. The molecule has 1 saturated carbocycles. The summed E-state index contributed by atoms with van der Waals surface area (Å²) in [6.07, 6.45) is 6.89. The van der Waals surface area contributed by atoms with Crippen molar-refractivity contribution in [2.45, 2.75) is 64.5 Å². The van der Waals surface area contributed by atoms with Gasteiger partial charge >= 0.3 is 5.97 Å². The van der Waals surface area contributed by atoms with Gasteiger partial charge in [0, 0.05) is 22.6 Å². The van der Waals surface area contributed by atoms with Gasteiger partial charge in [-0.05, 0) is 31.7 Å². The number of primary amides is 1.